The van der Waals surface area contributed by atoms with Crippen molar-refractivity contribution >= 4 is 0 Å². The second kappa shape index (κ2) is 3.99. The summed E-state index contributed by atoms with van der Waals surface area (Å²) in [6.07, 6.45) is 9.44. The highest BCUT2D eigenvalue weighted by Crippen LogP contribution is 2.62. The molecule has 0 aromatic carbocycles. The Labute approximate surface area is 119 Å². The molecule has 0 radical (unpaired) electrons. The largest absolute Gasteiger partial charge is 0.0622 e. The molecule has 3 aliphatic carbocycles. The van der Waals surface area contributed by atoms with Gasteiger partial charge < -0.3 is 0 Å². The Balaban J connectivity index is 2.07. The Hall–Kier alpha value is -0.520. The van der Waals surface area contributed by atoms with Crippen LogP contribution in [0.15, 0.2) is 23.3 Å². The van der Waals surface area contributed by atoms with Crippen LogP contribution in [0.5, 0.6) is 0 Å². The molecule has 0 heteroatoms. The third-order valence-electron chi connectivity index (χ3n) is 5.81. The summed E-state index contributed by atoms with van der Waals surface area (Å²) >= 11 is 0. The minimum absolute atomic E-state index is 0.341. The standard InChI is InChI=1S/C19H30/c1-18(2,3)14-9-10-15(19(4,5)6)17-13-8-7-12(11-13)16(14)17/h9-10,12-13,16-17H,7-8,11H2,1-6H3/t12-,13+,16-,17+. The van der Waals surface area contributed by atoms with Gasteiger partial charge in [0.15, 0.2) is 0 Å². The van der Waals surface area contributed by atoms with Crippen molar-refractivity contribution in [2.75, 3.05) is 0 Å². The molecular weight excluding hydrogens is 228 g/mol. The highest BCUT2D eigenvalue weighted by Gasteiger charge is 2.53. The van der Waals surface area contributed by atoms with Gasteiger partial charge >= 0.3 is 0 Å². The van der Waals surface area contributed by atoms with E-state index in [0.29, 0.717) is 10.8 Å². The van der Waals surface area contributed by atoms with Gasteiger partial charge in [0.2, 0.25) is 0 Å². The number of rotatable bonds is 0. The lowest BCUT2D eigenvalue weighted by Gasteiger charge is -2.45. The van der Waals surface area contributed by atoms with Gasteiger partial charge in [0.1, 0.15) is 0 Å². The van der Waals surface area contributed by atoms with E-state index in [-0.39, 0.29) is 0 Å². The average Bonchev–Trinajstić information content (AvgIpc) is 2.85. The summed E-state index contributed by atoms with van der Waals surface area (Å²) in [6, 6.07) is 0. The minimum atomic E-state index is 0.341. The molecule has 0 nitrogen and oxygen atoms in total. The number of allylic oxidation sites excluding steroid dienone is 4. The van der Waals surface area contributed by atoms with Crippen molar-refractivity contribution in [3.05, 3.63) is 23.3 Å². The molecular formula is C19H30. The van der Waals surface area contributed by atoms with Crippen molar-refractivity contribution in [1.82, 2.24) is 0 Å². The maximum absolute atomic E-state index is 2.49. The average molecular weight is 258 g/mol. The van der Waals surface area contributed by atoms with E-state index in [9.17, 15) is 0 Å². The van der Waals surface area contributed by atoms with Gasteiger partial charge in [-0.2, -0.15) is 0 Å². The van der Waals surface area contributed by atoms with E-state index in [4.69, 9.17) is 0 Å². The second-order valence-electron chi connectivity index (χ2n) is 9.13. The summed E-state index contributed by atoms with van der Waals surface area (Å²) in [5.41, 5.74) is 4.15. The number of hydrogen-bond donors (Lipinski definition) is 0. The first kappa shape index (κ1) is 13.5. The fourth-order valence-corrected chi connectivity index (χ4v) is 5.09. The summed E-state index contributed by atoms with van der Waals surface area (Å²) in [7, 11) is 0. The molecule has 0 amide bonds. The quantitative estimate of drug-likeness (QED) is 0.530. The predicted octanol–water partition coefficient (Wildman–Crippen LogP) is 5.61. The smallest absolute Gasteiger partial charge is 0.00978 e. The molecule has 2 saturated carbocycles. The van der Waals surface area contributed by atoms with Crippen LogP contribution >= 0.6 is 0 Å². The fourth-order valence-electron chi connectivity index (χ4n) is 5.09. The molecule has 0 spiro atoms. The molecule has 4 atom stereocenters. The SMILES string of the molecule is CC(C)(C)C1=CC=C(C(C)(C)C)[C@H]2[C@@H]3CC[C@@H](C3)[C@@H]12. The third kappa shape index (κ3) is 2.03. The lowest BCUT2D eigenvalue weighted by Crippen LogP contribution is -2.35. The Morgan fingerprint density at radius 1 is 0.737 bits per heavy atom. The van der Waals surface area contributed by atoms with Crippen molar-refractivity contribution in [2.45, 2.75) is 60.8 Å². The minimum Gasteiger partial charge on any atom is -0.0622 e. The predicted molar refractivity (Wildman–Crippen MR) is 82.9 cm³/mol. The van der Waals surface area contributed by atoms with Gasteiger partial charge in [0.05, 0.1) is 0 Å². The molecule has 3 rings (SSSR count). The van der Waals surface area contributed by atoms with Crippen molar-refractivity contribution < 1.29 is 0 Å². The molecule has 0 saturated heterocycles. The molecule has 0 heterocycles. The summed E-state index contributed by atoms with van der Waals surface area (Å²) in [6.45, 7) is 14.4. The maximum atomic E-state index is 2.49. The van der Waals surface area contributed by atoms with E-state index in [1.54, 1.807) is 11.1 Å². The monoisotopic (exact) mass is 258 g/mol. The Kier molecular flexibility index (Phi) is 2.83. The number of hydrogen-bond acceptors (Lipinski definition) is 0. The first-order valence-corrected chi connectivity index (χ1v) is 8.12. The number of fused-ring (bicyclic) bond motifs is 5. The zero-order valence-electron chi connectivity index (χ0n) is 13.6. The molecule has 2 bridgehead atoms. The first-order chi connectivity index (χ1) is 8.69. The highest BCUT2D eigenvalue weighted by molar-refractivity contribution is 5.38. The zero-order valence-corrected chi connectivity index (χ0v) is 13.6. The molecule has 19 heavy (non-hydrogen) atoms. The normalized spacial score (nSPS) is 38.0. The van der Waals surface area contributed by atoms with Crippen LogP contribution in [0.4, 0.5) is 0 Å². The summed E-state index contributed by atoms with van der Waals surface area (Å²) < 4.78 is 0. The zero-order chi connectivity index (χ0) is 14.0. The maximum Gasteiger partial charge on any atom is -0.00978 e. The molecule has 0 aromatic rings. The van der Waals surface area contributed by atoms with Crippen LogP contribution in [0, 0.1) is 34.5 Å². The van der Waals surface area contributed by atoms with Crippen molar-refractivity contribution in [3.63, 3.8) is 0 Å². The molecule has 0 unspecified atom stereocenters. The van der Waals surface area contributed by atoms with E-state index in [1.807, 2.05) is 0 Å². The summed E-state index contributed by atoms with van der Waals surface area (Å²) in [4.78, 5) is 0. The van der Waals surface area contributed by atoms with Crippen LogP contribution in [0.1, 0.15) is 60.8 Å². The summed E-state index contributed by atoms with van der Waals surface area (Å²) in [5.74, 6) is 3.67. The van der Waals surface area contributed by atoms with Crippen LogP contribution < -0.4 is 0 Å². The molecule has 0 aromatic heterocycles. The Morgan fingerprint density at radius 2 is 1.11 bits per heavy atom. The van der Waals surface area contributed by atoms with Gasteiger partial charge in [-0.15, -0.1) is 0 Å². The van der Waals surface area contributed by atoms with Gasteiger partial charge in [0, 0.05) is 0 Å². The van der Waals surface area contributed by atoms with Gasteiger partial charge in [-0.25, -0.2) is 0 Å². The van der Waals surface area contributed by atoms with Crippen LogP contribution in [0.25, 0.3) is 0 Å². The van der Waals surface area contributed by atoms with Crippen LogP contribution in [0.2, 0.25) is 0 Å². The van der Waals surface area contributed by atoms with Crippen LogP contribution in [0.3, 0.4) is 0 Å². The van der Waals surface area contributed by atoms with Crippen LogP contribution in [-0.4, -0.2) is 0 Å². The van der Waals surface area contributed by atoms with Gasteiger partial charge in [0.25, 0.3) is 0 Å². The van der Waals surface area contributed by atoms with E-state index in [1.165, 1.54) is 19.3 Å². The molecule has 3 aliphatic rings. The molecule has 0 N–H and O–H groups in total. The van der Waals surface area contributed by atoms with E-state index >= 15 is 0 Å². The lowest BCUT2D eigenvalue weighted by molar-refractivity contribution is 0.224. The van der Waals surface area contributed by atoms with Gasteiger partial charge in [-0.1, -0.05) is 64.8 Å². The van der Waals surface area contributed by atoms with E-state index < -0.39 is 0 Å². The topological polar surface area (TPSA) is 0 Å². The van der Waals surface area contributed by atoms with Gasteiger partial charge in [-0.05, 0) is 53.8 Å². The second-order valence-corrected chi connectivity index (χ2v) is 9.13. The van der Waals surface area contributed by atoms with E-state index in [2.05, 4.69) is 53.7 Å². The lowest BCUT2D eigenvalue weighted by atomic mass is 9.60. The van der Waals surface area contributed by atoms with Crippen molar-refractivity contribution in [1.29, 1.82) is 0 Å². The molecule has 0 aliphatic heterocycles. The highest BCUT2D eigenvalue weighted by atomic mass is 14.6. The Morgan fingerprint density at radius 3 is 1.42 bits per heavy atom. The van der Waals surface area contributed by atoms with Gasteiger partial charge in [-0.3, -0.25) is 0 Å². The molecule has 106 valence electrons. The third-order valence-corrected chi connectivity index (χ3v) is 5.81. The van der Waals surface area contributed by atoms with Crippen LogP contribution in [-0.2, 0) is 0 Å². The fraction of sp³-hybridized carbons (Fsp3) is 0.789. The van der Waals surface area contributed by atoms with Crippen molar-refractivity contribution in [3.8, 4) is 0 Å². The first-order valence-electron chi connectivity index (χ1n) is 8.12. The molecule has 2 fully saturated rings. The van der Waals surface area contributed by atoms with E-state index in [0.717, 1.165) is 23.7 Å². The Bertz CT molecular complexity index is 394. The summed E-state index contributed by atoms with van der Waals surface area (Å²) in [5, 5.41) is 0. The van der Waals surface area contributed by atoms with Crippen molar-refractivity contribution in [2.24, 2.45) is 34.5 Å².